The first-order valence-corrected chi connectivity index (χ1v) is 8.42. The van der Waals surface area contributed by atoms with Crippen LogP contribution < -0.4 is 4.74 Å². The summed E-state index contributed by atoms with van der Waals surface area (Å²) in [5, 5.41) is 0. The second-order valence-corrected chi connectivity index (χ2v) is 8.35. The zero-order chi connectivity index (χ0) is 15.9. The van der Waals surface area contributed by atoms with E-state index in [1.54, 1.807) is 0 Å². The van der Waals surface area contributed by atoms with E-state index in [9.17, 15) is 0 Å². The third-order valence-corrected chi connectivity index (χ3v) is 3.81. The molecule has 0 heterocycles. The molecule has 0 atom stereocenters. The van der Waals surface area contributed by atoms with Crippen molar-refractivity contribution >= 4 is 0 Å². The molecule has 0 unspecified atom stereocenters. The molecule has 1 heteroatoms. The van der Waals surface area contributed by atoms with Crippen molar-refractivity contribution in [1.29, 1.82) is 0 Å². The van der Waals surface area contributed by atoms with Gasteiger partial charge in [0.25, 0.3) is 0 Å². The van der Waals surface area contributed by atoms with Gasteiger partial charge in [0.05, 0.1) is 6.61 Å². The van der Waals surface area contributed by atoms with Crippen LogP contribution in [-0.4, -0.2) is 6.61 Å². The molecule has 1 rings (SSSR count). The standard InChI is InChI=1S/C20H34O/c1-19(2,3)15-9-7-8-10-16-21-18-13-11-17(12-14-18)20(4,5)6/h11-14H,7-10,15-16H2,1-6H3. The molecule has 0 N–H and O–H groups in total. The van der Waals surface area contributed by atoms with Gasteiger partial charge in [-0.1, -0.05) is 72.9 Å². The minimum atomic E-state index is 0.214. The second-order valence-electron chi connectivity index (χ2n) is 8.35. The Hall–Kier alpha value is -0.980. The van der Waals surface area contributed by atoms with Gasteiger partial charge < -0.3 is 4.74 Å². The van der Waals surface area contributed by atoms with E-state index in [-0.39, 0.29) is 5.41 Å². The van der Waals surface area contributed by atoms with Crippen molar-refractivity contribution in [3.8, 4) is 5.75 Å². The molecular weight excluding hydrogens is 256 g/mol. The average Bonchev–Trinajstić information content (AvgIpc) is 2.36. The highest BCUT2D eigenvalue weighted by Crippen LogP contribution is 2.24. The van der Waals surface area contributed by atoms with Crippen molar-refractivity contribution in [1.82, 2.24) is 0 Å². The molecule has 21 heavy (non-hydrogen) atoms. The van der Waals surface area contributed by atoms with E-state index in [4.69, 9.17) is 4.74 Å². The van der Waals surface area contributed by atoms with Crippen molar-refractivity contribution in [3.05, 3.63) is 29.8 Å². The van der Waals surface area contributed by atoms with Crippen molar-refractivity contribution < 1.29 is 4.74 Å². The van der Waals surface area contributed by atoms with Gasteiger partial charge in [-0.15, -0.1) is 0 Å². The fourth-order valence-electron chi connectivity index (χ4n) is 2.35. The van der Waals surface area contributed by atoms with E-state index < -0.39 is 0 Å². The van der Waals surface area contributed by atoms with E-state index >= 15 is 0 Å². The number of benzene rings is 1. The van der Waals surface area contributed by atoms with Gasteiger partial charge in [0.1, 0.15) is 5.75 Å². The highest BCUT2D eigenvalue weighted by molar-refractivity contribution is 5.31. The summed E-state index contributed by atoms with van der Waals surface area (Å²) in [7, 11) is 0. The zero-order valence-corrected chi connectivity index (χ0v) is 15.0. The molecule has 1 aromatic carbocycles. The molecule has 0 aromatic heterocycles. The van der Waals surface area contributed by atoms with Crippen LogP contribution in [0.1, 0.15) is 79.2 Å². The van der Waals surface area contributed by atoms with Gasteiger partial charge in [-0.25, -0.2) is 0 Å². The Morgan fingerprint density at radius 3 is 1.86 bits per heavy atom. The van der Waals surface area contributed by atoms with Crippen LogP contribution in [0, 0.1) is 5.41 Å². The molecule has 1 aromatic rings. The maximum Gasteiger partial charge on any atom is 0.119 e. The summed E-state index contributed by atoms with van der Waals surface area (Å²) in [5.74, 6) is 0.998. The molecule has 0 radical (unpaired) electrons. The van der Waals surface area contributed by atoms with Gasteiger partial charge >= 0.3 is 0 Å². The molecule has 0 aliphatic heterocycles. The van der Waals surface area contributed by atoms with Gasteiger partial charge in [0.2, 0.25) is 0 Å². The lowest BCUT2D eigenvalue weighted by molar-refractivity contribution is 0.299. The monoisotopic (exact) mass is 290 g/mol. The van der Waals surface area contributed by atoms with Gasteiger partial charge in [-0.05, 0) is 41.4 Å². The van der Waals surface area contributed by atoms with Crippen LogP contribution in [0.5, 0.6) is 5.75 Å². The van der Waals surface area contributed by atoms with Crippen LogP contribution in [0.15, 0.2) is 24.3 Å². The predicted molar refractivity (Wildman–Crippen MR) is 93.2 cm³/mol. The summed E-state index contributed by atoms with van der Waals surface area (Å²) in [6.07, 6.45) is 6.41. The summed E-state index contributed by atoms with van der Waals surface area (Å²) in [5.41, 5.74) is 2.05. The summed E-state index contributed by atoms with van der Waals surface area (Å²) >= 11 is 0. The lowest BCUT2D eigenvalue weighted by Gasteiger charge is -2.19. The molecular formula is C20H34O. The molecule has 1 nitrogen and oxygen atoms in total. The lowest BCUT2D eigenvalue weighted by atomic mass is 9.87. The zero-order valence-electron chi connectivity index (χ0n) is 15.0. The highest BCUT2D eigenvalue weighted by atomic mass is 16.5. The van der Waals surface area contributed by atoms with E-state index in [1.807, 2.05) is 0 Å². The van der Waals surface area contributed by atoms with Crippen LogP contribution in [0.25, 0.3) is 0 Å². The van der Waals surface area contributed by atoms with Crippen LogP contribution in [0.3, 0.4) is 0 Å². The molecule has 0 saturated carbocycles. The molecule has 0 amide bonds. The lowest BCUT2D eigenvalue weighted by Crippen LogP contribution is -2.10. The minimum Gasteiger partial charge on any atom is -0.494 e. The van der Waals surface area contributed by atoms with E-state index in [0.29, 0.717) is 5.41 Å². The van der Waals surface area contributed by atoms with Gasteiger partial charge in [0, 0.05) is 0 Å². The maximum atomic E-state index is 5.82. The van der Waals surface area contributed by atoms with Crippen molar-refractivity contribution in [2.24, 2.45) is 5.41 Å². The Balaban J connectivity index is 2.16. The fraction of sp³-hybridized carbons (Fsp3) is 0.700. The van der Waals surface area contributed by atoms with Gasteiger partial charge in [0.15, 0.2) is 0 Å². The molecule has 120 valence electrons. The van der Waals surface area contributed by atoms with Gasteiger partial charge in [-0.2, -0.15) is 0 Å². The molecule has 0 aliphatic carbocycles. The van der Waals surface area contributed by atoms with Crippen molar-refractivity contribution in [2.75, 3.05) is 6.61 Å². The van der Waals surface area contributed by atoms with E-state index in [0.717, 1.165) is 18.8 Å². The Kier molecular flexibility index (Phi) is 6.77. The van der Waals surface area contributed by atoms with Crippen LogP contribution in [0.2, 0.25) is 0 Å². The second kappa shape index (κ2) is 7.87. The van der Waals surface area contributed by atoms with Crippen LogP contribution in [0.4, 0.5) is 0 Å². The van der Waals surface area contributed by atoms with E-state index in [2.05, 4.69) is 65.8 Å². The molecule has 0 spiro atoms. The number of unbranched alkanes of at least 4 members (excludes halogenated alkanes) is 3. The minimum absolute atomic E-state index is 0.214. The van der Waals surface area contributed by atoms with Crippen molar-refractivity contribution in [3.63, 3.8) is 0 Å². The Morgan fingerprint density at radius 2 is 1.33 bits per heavy atom. The molecule has 0 saturated heterocycles. The third-order valence-electron chi connectivity index (χ3n) is 3.81. The fourth-order valence-corrected chi connectivity index (χ4v) is 2.35. The first-order chi connectivity index (χ1) is 9.68. The molecule has 0 bridgehead atoms. The smallest absolute Gasteiger partial charge is 0.119 e. The number of ether oxygens (including phenoxy) is 1. The van der Waals surface area contributed by atoms with Crippen molar-refractivity contribution in [2.45, 2.75) is 79.1 Å². The van der Waals surface area contributed by atoms with Gasteiger partial charge in [-0.3, -0.25) is 0 Å². The molecule has 0 aliphatic rings. The quantitative estimate of drug-likeness (QED) is 0.531. The van der Waals surface area contributed by atoms with E-state index in [1.165, 1.54) is 31.2 Å². The van der Waals surface area contributed by atoms with Crippen LogP contribution in [-0.2, 0) is 5.41 Å². The van der Waals surface area contributed by atoms with Crippen LogP contribution >= 0.6 is 0 Å². The molecule has 0 fully saturated rings. The number of hydrogen-bond donors (Lipinski definition) is 0. The highest BCUT2D eigenvalue weighted by Gasteiger charge is 2.12. The normalized spacial score (nSPS) is 12.5. The SMILES string of the molecule is CC(C)(C)CCCCCCOc1ccc(C(C)(C)C)cc1. The summed E-state index contributed by atoms with van der Waals surface area (Å²) in [4.78, 5) is 0. The number of rotatable bonds is 7. The Bertz CT molecular complexity index is 389. The first-order valence-electron chi connectivity index (χ1n) is 8.42. The number of hydrogen-bond acceptors (Lipinski definition) is 1. The first kappa shape index (κ1) is 18.1. The Morgan fingerprint density at radius 1 is 0.762 bits per heavy atom. The maximum absolute atomic E-state index is 5.82. The largest absolute Gasteiger partial charge is 0.494 e. The summed E-state index contributed by atoms with van der Waals surface area (Å²) < 4.78 is 5.82. The third kappa shape index (κ3) is 8.14. The predicted octanol–water partition coefficient (Wildman–Crippen LogP) is 6.36. The Labute approximate surface area is 132 Å². The summed E-state index contributed by atoms with van der Waals surface area (Å²) in [6.45, 7) is 14.5. The topological polar surface area (TPSA) is 9.23 Å². The summed E-state index contributed by atoms with van der Waals surface area (Å²) in [6, 6.07) is 8.55. The average molecular weight is 290 g/mol.